The SMILES string of the molecule is C[C@@H](CN)n1ccc2c(NC(=O)Cc3ccc(C(F)(F)F)c(F)c3)cccc2c1=O. The molecular formula is C21H19F4N3O2. The topological polar surface area (TPSA) is 77.1 Å². The first-order chi connectivity index (χ1) is 14.1. The molecule has 3 rings (SSSR count). The molecule has 0 bridgehead atoms. The molecule has 0 fully saturated rings. The summed E-state index contributed by atoms with van der Waals surface area (Å²) < 4.78 is 53.2. The normalized spacial score (nSPS) is 12.7. The van der Waals surface area contributed by atoms with E-state index in [1.807, 2.05) is 6.92 Å². The standard InChI is InChI=1S/C21H19F4N3O2/c1-12(11-26)28-8-7-14-15(20(28)30)3-2-4-18(14)27-19(29)10-13-5-6-16(17(22)9-13)21(23,24)25/h2-9,12H,10-11,26H2,1H3,(H,27,29)/t12-/m0/s1. The molecule has 9 heteroatoms. The number of anilines is 1. The number of amides is 1. The van der Waals surface area contributed by atoms with Crippen molar-refractivity contribution in [2.75, 3.05) is 11.9 Å². The molecule has 30 heavy (non-hydrogen) atoms. The van der Waals surface area contributed by atoms with Crippen molar-refractivity contribution in [2.24, 2.45) is 5.73 Å². The number of carbonyl (C=O) groups excluding carboxylic acids is 1. The monoisotopic (exact) mass is 421 g/mol. The van der Waals surface area contributed by atoms with Gasteiger partial charge in [0.2, 0.25) is 5.91 Å². The van der Waals surface area contributed by atoms with Gasteiger partial charge in [0.05, 0.1) is 12.0 Å². The van der Waals surface area contributed by atoms with E-state index in [0.717, 1.165) is 6.07 Å². The molecule has 1 amide bonds. The summed E-state index contributed by atoms with van der Waals surface area (Å²) >= 11 is 0. The number of pyridine rings is 1. The van der Waals surface area contributed by atoms with E-state index in [-0.39, 0.29) is 30.1 Å². The molecular weight excluding hydrogens is 402 g/mol. The Morgan fingerprint density at radius 1 is 1.17 bits per heavy atom. The average Bonchev–Trinajstić information content (AvgIpc) is 2.67. The van der Waals surface area contributed by atoms with Gasteiger partial charge in [-0.3, -0.25) is 9.59 Å². The highest BCUT2D eigenvalue weighted by molar-refractivity contribution is 6.02. The molecule has 3 N–H and O–H groups in total. The third-order valence-corrected chi connectivity index (χ3v) is 4.77. The molecule has 0 unspecified atom stereocenters. The van der Waals surface area contributed by atoms with E-state index in [4.69, 9.17) is 5.73 Å². The van der Waals surface area contributed by atoms with E-state index in [1.165, 1.54) is 4.57 Å². The minimum atomic E-state index is -4.80. The summed E-state index contributed by atoms with van der Waals surface area (Å²) in [7, 11) is 0. The Morgan fingerprint density at radius 3 is 2.53 bits per heavy atom. The van der Waals surface area contributed by atoms with E-state index in [1.54, 1.807) is 30.5 Å². The number of nitrogens with zero attached hydrogens (tertiary/aromatic N) is 1. The maximum Gasteiger partial charge on any atom is 0.419 e. The zero-order valence-corrected chi connectivity index (χ0v) is 16.0. The van der Waals surface area contributed by atoms with Gasteiger partial charge in [-0.1, -0.05) is 12.1 Å². The molecule has 158 valence electrons. The summed E-state index contributed by atoms with van der Waals surface area (Å²) in [6.45, 7) is 2.09. The number of aromatic nitrogens is 1. The lowest BCUT2D eigenvalue weighted by Crippen LogP contribution is -2.27. The van der Waals surface area contributed by atoms with Crippen LogP contribution >= 0.6 is 0 Å². The van der Waals surface area contributed by atoms with Gasteiger partial charge in [-0.15, -0.1) is 0 Å². The van der Waals surface area contributed by atoms with E-state index >= 15 is 0 Å². The zero-order chi connectivity index (χ0) is 22.1. The van der Waals surface area contributed by atoms with Gasteiger partial charge in [-0.2, -0.15) is 13.2 Å². The van der Waals surface area contributed by atoms with Gasteiger partial charge in [0.1, 0.15) is 5.82 Å². The fraction of sp³-hybridized carbons (Fsp3) is 0.238. The van der Waals surface area contributed by atoms with Gasteiger partial charge in [0, 0.05) is 35.2 Å². The molecule has 0 spiro atoms. The predicted octanol–water partition coefficient (Wildman–Crippen LogP) is 3.86. The Bertz CT molecular complexity index is 1160. The first-order valence-electron chi connectivity index (χ1n) is 9.11. The van der Waals surface area contributed by atoms with E-state index < -0.39 is 23.5 Å². The molecule has 0 aliphatic heterocycles. The molecule has 2 aromatic carbocycles. The lowest BCUT2D eigenvalue weighted by molar-refractivity contribution is -0.140. The Hall–Kier alpha value is -3.20. The van der Waals surface area contributed by atoms with Crippen LogP contribution in [-0.4, -0.2) is 17.0 Å². The van der Waals surface area contributed by atoms with Crippen LogP contribution < -0.4 is 16.6 Å². The Morgan fingerprint density at radius 2 is 1.90 bits per heavy atom. The van der Waals surface area contributed by atoms with E-state index in [9.17, 15) is 27.2 Å². The van der Waals surface area contributed by atoms with E-state index in [0.29, 0.717) is 28.6 Å². The minimum Gasteiger partial charge on any atom is -0.328 e. The summed E-state index contributed by atoms with van der Waals surface area (Å²) in [6, 6.07) is 8.67. The summed E-state index contributed by atoms with van der Waals surface area (Å²) in [6.07, 6.45) is -3.54. The molecule has 1 atom stereocenters. The van der Waals surface area contributed by atoms with Crippen molar-refractivity contribution >= 4 is 22.4 Å². The number of benzene rings is 2. The predicted molar refractivity (Wildman–Crippen MR) is 106 cm³/mol. The number of hydrogen-bond donors (Lipinski definition) is 2. The molecule has 5 nitrogen and oxygen atoms in total. The van der Waals surface area contributed by atoms with Crippen LogP contribution in [0.15, 0.2) is 53.5 Å². The molecule has 1 heterocycles. The fourth-order valence-electron chi connectivity index (χ4n) is 3.14. The number of nitrogens with one attached hydrogen (secondary N) is 1. The maximum absolute atomic E-state index is 13.7. The largest absolute Gasteiger partial charge is 0.419 e. The number of fused-ring (bicyclic) bond motifs is 1. The van der Waals surface area contributed by atoms with Crippen LogP contribution in [0.1, 0.15) is 24.1 Å². The minimum absolute atomic E-state index is 0.0948. The Kier molecular flexibility index (Phi) is 5.93. The van der Waals surface area contributed by atoms with Crippen molar-refractivity contribution in [1.82, 2.24) is 4.57 Å². The highest BCUT2D eigenvalue weighted by atomic mass is 19.4. The lowest BCUT2D eigenvalue weighted by Gasteiger charge is -2.15. The third-order valence-electron chi connectivity index (χ3n) is 4.77. The Labute approximate surface area is 169 Å². The van der Waals surface area contributed by atoms with Crippen molar-refractivity contribution in [2.45, 2.75) is 25.6 Å². The molecule has 0 saturated heterocycles. The number of alkyl halides is 3. The van der Waals surface area contributed by atoms with Gasteiger partial charge in [-0.05, 0) is 42.8 Å². The second kappa shape index (κ2) is 8.27. The lowest BCUT2D eigenvalue weighted by atomic mass is 10.1. The van der Waals surface area contributed by atoms with Crippen molar-refractivity contribution in [3.8, 4) is 0 Å². The van der Waals surface area contributed by atoms with Crippen LogP contribution in [0, 0.1) is 5.82 Å². The maximum atomic E-state index is 13.7. The second-order valence-electron chi connectivity index (χ2n) is 6.92. The van der Waals surface area contributed by atoms with Crippen LogP contribution in [-0.2, 0) is 17.4 Å². The van der Waals surface area contributed by atoms with Gasteiger partial charge in [-0.25, -0.2) is 4.39 Å². The second-order valence-corrected chi connectivity index (χ2v) is 6.92. The molecule has 0 radical (unpaired) electrons. The van der Waals surface area contributed by atoms with Crippen molar-refractivity contribution in [3.63, 3.8) is 0 Å². The molecule has 3 aromatic rings. The quantitative estimate of drug-likeness (QED) is 0.615. The highest BCUT2D eigenvalue weighted by Crippen LogP contribution is 2.31. The fourth-order valence-corrected chi connectivity index (χ4v) is 3.14. The highest BCUT2D eigenvalue weighted by Gasteiger charge is 2.33. The van der Waals surface area contributed by atoms with Crippen LogP contribution in [0.25, 0.3) is 10.8 Å². The number of rotatable bonds is 5. The van der Waals surface area contributed by atoms with Crippen molar-refractivity contribution in [3.05, 3.63) is 76.0 Å². The zero-order valence-electron chi connectivity index (χ0n) is 16.0. The molecule has 0 aliphatic carbocycles. The smallest absolute Gasteiger partial charge is 0.328 e. The van der Waals surface area contributed by atoms with Crippen molar-refractivity contribution in [1.29, 1.82) is 0 Å². The van der Waals surface area contributed by atoms with Crippen LogP contribution in [0.2, 0.25) is 0 Å². The van der Waals surface area contributed by atoms with E-state index in [2.05, 4.69) is 5.32 Å². The van der Waals surface area contributed by atoms with Crippen LogP contribution in [0.3, 0.4) is 0 Å². The van der Waals surface area contributed by atoms with Crippen molar-refractivity contribution < 1.29 is 22.4 Å². The first-order valence-corrected chi connectivity index (χ1v) is 9.11. The third kappa shape index (κ3) is 4.35. The average molecular weight is 421 g/mol. The molecule has 1 aromatic heterocycles. The van der Waals surface area contributed by atoms with Gasteiger partial charge >= 0.3 is 6.18 Å². The number of nitrogens with two attached hydrogens (primary N) is 1. The number of hydrogen-bond acceptors (Lipinski definition) is 3. The van der Waals surface area contributed by atoms with Gasteiger partial charge < -0.3 is 15.6 Å². The van der Waals surface area contributed by atoms with Crippen LogP contribution in [0.5, 0.6) is 0 Å². The van der Waals surface area contributed by atoms with Gasteiger partial charge in [0.15, 0.2) is 0 Å². The molecule has 0 saturated carbocycles. The number of carbonyl (C=O) groups is 1. The number of halogens is 4. The summed E-state index contributed by atoms with van der Waals surface area (Å²) in [5.74, 6) is -1.99. The molecule has 0 aliphatic rings. The summed E-state index contributed by atoms with van der Waals surface area (Å²) in [5.41, 5.74) is 4.45. The van der Waals surface area contributed by atoms with Crippen LogP contribution in [0.4, 0.5) is 23.2 Å². The first kappa shape index (κ1) is 21.5. The Balaban J connectivity index is 1.84. The van der Waals surface area contributed by atoms with Gasteiger partial charge in [0.25, 0.3) is 5.56 Å². The summed E-state index contributed by atoms with van der Waals surface area (Å²) in [5, 5.41) is 3.53. The summed E-state index contributed by atoms with van der Waals surface area (Å²) in [4.78, 5) is 25.0.